The minimum Gasteiger partial charge on any atom is -0.398 e. The number of nitrogens with two attached hydrogens (primary N) is 1. The highest BCUT2D eigenvalue weighted by molar-refractivity contribution is 5.47. The summed E-state index contributed by atoms with van der Waals surface area (Å²) >= 11 is 0. The molecule has 2 fully saturated rings. The fraction of sp³-hybridized carbons (Fsp3) is 0.625. The van der Waals surface area contributed by atoms with E-state index >= 15 is 0 Å². The van der Waals surface area contributed by atoms with E-state index in [-0.39, 0.29) is 0 Å². The fourth-order valence-electron chi connectivity index (χ4n) is 3.54. The molecule has 1 saturated carbocycles. The number of β-amino-alcohol motifs (C(OH)–C–C–N with tert-alkyl or cyclic N) is 1. The summed E-state index contributed by atoms with van der Waals surface area (Å²) in [6.07, 6.45) is 4.72. The molecule has 0 bridgehead atoms. The van der Waals surface area contributed by atoms with Crippen LogP contribution in [0.15, 0.2) is 24.3 Å². The predicted molar refractivity (Wildman–Crippen MR) is 79.4 cm³/mol. The van der Waals surface area contributed by atoms with E-state index in [1.54, 1.807) is 0 Å². The fourth-order valence-corrected chi connectivity index (χ4v) is 3.54. The molecular formula is C16H24N2O2. The van der Waals surface area contributed by atoms with Crippen LogP contribution in [-0.2, 0) is 4.74 Å². The molecule has 4 nitrogen and oxygen atoms in total. The molecule has 2 aliphatic rings. The molecule has 1 aliphatic heterocycles. The molecule has 3 N–H and O–H groups in total. The summed E-state index contributed by atoms with van der Waals surface area (Å²) in [6, 6.07) is 8.06. The van der Waals surface area contributed by atoms with E-state index in [4.69, 9.17) is 10.5 Å². The van der Waals surface area contributed by atoms with Gasteiger partial charge in [0, 0.05) is 30.4 Å². The van der Waals surface area contributed by atoms with Gasteiger partial charge in [-0.25, -0.2) is 0 Å². The highest BCUT2D eigenvalue weighted by Crippen LogP contribution is 2.30. The van der Waals surface area contributed by atoms with Gasteiger partial charge in [-0.2, -0.15) is 0 Å². The van der Waals surface area contributed by atoms with Crippen molar-refractivity contribution >= 4 is 5.69 Å². The normalized spacial score (nSPS) is 28.9. The van der Waals surface area contributed by atoms with Crippen LogP contribution in [0.5, 0.6) is 0 Å². The Morgan fingerprint density at radius 3 is 2.95 bits per heavy atom. The van der Waals surface area contributed by atoms with Crippen molar-refractivity contribution in [2.75, 3.05) is 25.4 Å². The second-order valence-electron chi connectivity index (χ2n) is 5.90. The van der Waals surface area contributed by atoms with Crippen molar-refractivity contribution in [1.82, 2.24) is 4.90 Å². The Labute approximate surface area is 120 Å². The lowest BCUT2D eigenvalue weighted by molar-refractivity contribution is -0.0974. The summed E-state index contributed by atoms with van der Waals surface area (Å²) in [7, 11) is 0. The summed E-state index contributed by atoms with van der Waals surface area (Å²) < 4.78 is 5.88. The van der Waals surface area contributed by atoms with Crippen molar-refractivity contribution in [1.29, 1.82) is 0 Å². The summed E-state index contributed by atoms with van der Waals surface area (Å²) in [5.41, 5.74) is 7.47. The number of nitrogens with zero attached hydrogens (tertiary/aromatic N) is 1. The van der Waals surface area contributed by atoms with Crippen LogP contribution >= 0.6 is 0 Å². The molecular weight excluding hydrogens is 252 g/mol. The topological polar surface area (TPSA) is 58.7 Å². The first-order chi connectivity index (χ1) is 9.75. The predicted octanol–water partition coefficient (Wildman–Crippen LogP) is 1.95. The number of morpholine rings is 1. The molecule has 110 valence electrons. The molecule has 3 atom stereocenters. The number of ether oxygens (including phenoxy) is 1. The molecule has 0 aromatic heterocycles. The maximum absolute atomic E-state index is 10.5. The van der Waals surface area contributed by atoms with Crippen LogP contribution in [0.4, 0.5) is 5.69 Å². The van der Waals surface area contributed by atoms with Gasteiger partial charge in [0.2, 0.25) is 0 Å². The van der Waals surface area contributed by atoms with E-state index in [1.165, 1.54) is 19.3 Å². The number of aliphatic hydroxyl groups excluding tert-OH is 1. The Bertz CT molecular complexity index is 450. The molecule has 20 heavy (non-hydrogen) atoms. The smallest absolute Gasteiger partial charge is 0.0936 e. The highest BCUT2D eigenvalue weighted by Gasteiger charge is 2.35. The van der Waals surface area contributed by atoms with Crippen LogP contribution in [0.3, 0.4) is 0 Å². The quantitative estimate of drug-likeness (QED) is 0.828. The highest BCUT2D eigenvalue weighted by atomic mass is 16.5. The zero-order chi connectivity index (χ0) is 13.9. The first kappa shape index (κ1) is 13.9. The number of anilines is 1. The first-order valence-electron chi connectivity index (χ1n) is 7.64. The van der Waals surface area contributed by atoms with Gasteiger partial charge in [-0.15, -0.1) is 0 Å². The molecule has 3 unspecified atom stereocenters. The number of benzene rings is 1. The molecule has 0 amide bonds. The van der Waals surface area contributed by atoms with E-state index in [0.29, 0.717) is 24.4 Å². The SMILES string of the molecule is Nc1ccccc1C(O)CN1CCOC2CCCCC21. The van der Waals surface area contributed by atoms with Crippen LogP contribution in [0.25, 0.3) is 0 Å². The average molecular weight is 276 g/mol. The minimum absolute atomic E-state index is 0.359. The van der Waals surface area contributed by atoms with Gasteiger partial charge in [0.15, 0.2) is 0 Å². The van der Waals surface area contributed by atoms with Gasteiger partial charge >= 0.3 is 0 Å². The number of rotatable bonds is 3. The lowest BCUT2D eigenvalue weighted by atomic mass is 9.89. The van der Waals surface area contributed by atoms with Gasteiger partial charge in [-0.05, 0) is 18.9 Å². The zero-order valence-corrected chi connectivity index (χ0v) is 11.9. The lowest BCUT2D eigenvalue weighted by Crippen LogP contribution is -2.53. The molecule has 4 heteroatoms. The van der Waals surface area contributed by atoms with E-state index in [2.05, 4.69) is 4.90 Å². The number of para-hydroxylation sites is 1. The third-order valence-electron chi connectivity index (χ3n) is 4.61. The number of nitrogen functional groups attached to an aromatic ring is 1. The molecule has 0 spiro atoms. The lowest BCUT2D eigenvalue weighted by Gasteiger charge is -2.44. The van der Waals surface area contributed by atoms with Crippen molar-refractivity contribution in [2.45, 2.75) is 43.9 Å². The van der Waals surface area contributed by atoms with E-state index in [1.807, 2.05) is 24.3 Å². The first-order valence-corrected chi connectivity index (χ1v) is 7.64. The third kappa shape index (κ3) is 2.82. The second-order valence-corrected chi connectivity index (χ2v) is 5.90. The zero-order valence-electron chi connectivity index (χ0n) is 11.9. The van der Waals surface area contributed by atoms with Crippen LogP contribution < -0.4 is 5.73 Å². The van der Waals surface area contributed by atoms with Crippen LogP contribution in [0, 0.1) is 0 Å². The van der Waals surface area contributed by atoms with E-state index < -0.39 is 6.10 Å². The van der Waals surface area contributed by atoms with Gasteiger partial charge in [-0.1, -0.05) is 31.0 Å². The largest absolute Gasteiger partial charge is 0.398 e. The van der Waals surface area contributed by atoms with Crippen LogP contribution in [-0.4, -0.2) is 41.8 Å². The molecule has 1 heterocycles. The van der Waals surface area contributed by atoms with Gasteiger partial charge in [0.1, 0.15) is 0 Å². The molecule has 1 aromatic rings. The van der Waals surface area contributed by atoms with Gasteiger partial charge in [-0.3, -0.25) is 4.90 Å². The van der Waals surface area contributed by atoms with E-state index in [9.17, 15) is 5.11 Å². The van der Waals surface area contributed by atoms with E-state index in [0.717, 1.165) is 25.1 Å². The number of fused-ring (bicyclic) bond motifs is 1. The minimum atomic E-state index is -0.517. The summed E-state index contributed by atoms with van der Waals surface area (Å²) in [6.45, 7) is 2.34. The van der Waals surface area contributed by atoms with Gasteiger partial charge in [0.25, 0.3) is 0 Å². The van der Waals surface area contributed by atoms with Crippen molar-refractivity contribution in [2.24, 2.45) is 0 Å². The summed E-state index contributed by atoms with van der Waals surface area (Å²) in [5.74, 6) is 0. The van der Waals surface area contributed by atoms with Crippen molar-refractivity contribution in [3.05, 3.63) is 29.8 Å². The van der Waals surface area contributed by atoms with Gasteiger partial charge < -0.3 is 15.6 Å². The standard InChI is InChI=1S/C16H24N2O2/c17-13-6-2-1-5-12(13)15(19)11-18-9-10-20-16-8-4-3-7-14(16)18/h1-2,5-6,14-16,19H,3-4,7-11,17H2. The average Bonchev–Trinajstić information content (AvgIpc) is 2.48. The van der Waals surface area contributed by atoms with Crippen LogP contribution in [0.2, 0.25) is 0 Å². The third-order valence-corrected chi connectivity index (χ3v) is 4.61. The second kappa shape index (κ2) is 6.12. The summed E-state index contributed by atoms with van der Waals surface area (Å²) in [5, 5.41) is 10.5. The Morgan fingerprint density at radius 1 is 1.30 bits per heavy atom. The molecule has 3 rings (SSSR count). The monoisotopic (exact) mass is 276 g/mol. The van der Waals surface area contributed by atoms with Crippen LogP contribution in [0.1, 0.15) is 37.4 Å². The van der Waals surface area contributed by atoms with Crippen molar-refractivity contribution < 1.29 is 9.84 Å². The molecule has 0 radical (unpaired) electrons. The summed E-state index contributed by atoms with van der Waals surface area (Å²) in [4.78, 5) is 2.39. The maximum atomic E-state index is 10.5. The van der Waals surface area contributed by atoms with Gasteiger partial charge in [0.05, 0.1) is 18.8 Å². The number of aliphatic hydroxyl groups is 1. The maximum Gasteiger partial charge on any atom is 0.0936 e. The number of hydrogen-bond donors (Lipinski definition) is 2. The van der Waals surface area contributed by atoms with Crippen molar-refractivity contribution in [3.63, 3.8) is 0 Å². The Balaban J connectivity index is 1.68. The molecule has 1 aromatic carbocycles. The Morgan fingerprint density at radius 2 is 2.10 bits per heavy atom. The van der Waals surface area contributed by atoms with Crippen molar-refractivity contribution in [3.8, 4) is 0 Å². The molecule has 1 aliphatic carbocycles. The molecule has 1 saturated heterocycles. The Kier molecular flexibility index (Phi) is 4.24. The number of hydrogen-bond acceptors (Lipinski definition) is 4. The Hall–Kier alpha value is -1.10.